The van der Waals surface area contributed by atoms with Crippen molar-refractivity contribution in [3.63, 3.8) is 0 Å². The first-order valence-electron chi connectivity index (χ1n) is 5.60. The highest BCUT2D eigenvalue weighted by Crippen LogP contribution is 2.23. The molecule has 0 spiro atoms. The van der Waals surface area contributed by atoms with Crippen LogP contribution in [0.4, 0.5) is 0 Å². The Hall–Kier alpha value is -1.31. The average Bonchev–Trinajstić information content (AvgIpc) is 2.25. The number of nitriles is 1. The van der Waals surface area contributed by atoms with Gasteiger partial charge >= 0.3 is 0 Å². The van der Waals surface area contributed by atoms with E-state index in [1.807, 2.05) is 19.9 Å². The third-order valence-electron chi connectivity index (χ3n) is 2.33. The molecule has 0 unspecified atom stereocenters. The lowest BCUT2D eigenvalue weighted by Gasteiger charge is -2.25. The minimum Gasteiger partial charge on any atom is -0.490 e. The molecule has 96 valence electrons. The average molecular weight is 309 g/mol. The predicted octanol–water partition coefficient (Wildman–Crippen LogP) is 3.38. The van der Waals surface area contributed by atoms with Crippen molar-refractivity contribution in [3.05, 3.63) is 40.4 Å². The molecule has 0 saturated carbocycles. The minimum atomic E-state index is -0.481. The topological polar surface area (TPSA) is 59.0 Å². The lowest BCUT2D eigenvalue weighted by atomic mass is 9.96. The number of rotatable bonds is 5. The van der Waals surface area contributed by atoms with Gasteiger partial charge in [0.25, 0.3) is 0 Å². The monoisotopic (exact) mass is 308 g/mol. The molecule has 4 heteroatoms. The fourth-order valence-corrected chi connectivity index (χ4v) is 2.06. The van der Waals surface area contributed by atoms with Crippen LogP contribution in [-0.2, 0) is 0 Å². The van der Waals surface area contributed by atoms with Crippen LogP contribution in [0, 0.1) is 11.3 Å². The third-order valence-corrected chi connectivity index (χ3v) is 2.82. The van der Waals surface area contributed by atoms with Crippen molar-refractivity contribution in [2.75, 3.05) is 6.61 Å². The van der Waals surface area contributed by atoms with E-state index in [0.717, 1.165) is 10.0 Å². The van der Waals surface area contributed by atoms with Gasteiger partial charge in [-0.2, -0.15) is 5.26 Å². The highest BCUT2D eigenvalue weighted by molar-refractivity contribution is 9.10. The summed E-state index contributed by atoms with van der Waals surface area (Å²) in [6, 6.07) is 7.42. The zero-order chi connectivity index (χ0) is 13.8. The van der Waals surface area contributed by atoms with Crippen molar-refractivity contribution < 1.29 is 4.74 Å². The number of benzene rings is 1. The standard InChI is InChI=1S/C14H17BrN2O/c1-10(2)7-14(3,17)9-18-13-5-4-12(15)6-11(13)8-16/h4-6H,1,7,9,17H2,2-3H3/t14-/m0/s1. The van der Waals surface area contributed by atoms with Gasteiger partial charge in [-0.25, -0.2) is 0 Å². The molecular weight excluding hydrogens is 292 g/mol. The second kappa shape index (κ2) is 6.03. The molecule has 0 saturated heterocycles. The molecule has 0 aliphatic carbocycles. The van der Waals surface area contributed by atoms with Crippen LogP contribution in [0.15, 0.2) is 34.8 Å². The van der Waals surface area contributed by atoms with Crippen LogP contribution in [-0.4, -0.2) is 12.1 Å². The number of nitrogens with two attached hydrogens (primary N) is 1. The Morgan fingerprint density at radius 2 is 2.28 bits per heavy atom. The van der Waals surface area contributed by atoms with Gasteiger partial charge in [-0.3, -0.25) is 0 Å². The van der Waals surface area contributed by atoms with Crippen LogP contribution < -0.4 is 10.5 Å². The summed E-state index contributed by atoms with van der Waals surface area (Å²) >= 11 is 3.32. The summed E-state index contributed by atoms with van der Waals surface area (Å²) in [6.45, 7) is 8.04. The number of hydrogen-bond donors (Lipinski definition) is 1. The van der Waals surface area contributed by atoms with E-state index in [4.69, 9.17) is 15.7 Å². The molecule has 1 rings (SSSR count). The maximum absolute atomic E-state index is 9.02. The summed E-state index contributed by atoms with van der Waals surface area (Å²) in [5.41, 5.74) is 7.14. The highest BCUT2D eigenvalue weighted by atomic mass is 79.9. The van der Waals surface area contributed by atoms with Gasteiger partial charge in [-0.1, -0.05) is 21.5 Å². The van der Waals surface area contributed by atoms with Gasteiger partial charge in [0.2, 0.25) is 0 Å². The molecule has 2 N–H and O–H groups in total. The van der Waals surface area contributed by atoms with Crippen molar-refractivity contribution in [3.8, 4) is 11.8 Å². The lowest BCUT2D eigenvalue weighted by molar-refractivity contribution is 0.229. The summed E-state index contributed by atoms with van der Waals surface area (Å²) in [4.78, 5) is 0. The summed E-state index contributed by atoms with van der Waals surface area (Å²) in [5.74, 6) is 0.555. The zero-order valence-electron chi connectivity index (χ0n) is 10.7. The minimum absolute atomic E-state index is 0.343. The third kappa shape index (κ3) is 4.52. The van der Waals surface area contributed by atoms with E-state index >= 15 is 0 Å². The van der Waals surface area contributed by atoms with Crippen molar-refractivity contribution >= 4 is 15.9 Å². The molecule has 0 amide bonds. The van der Waals surface area contributed by atoms with E-state index in [-0.39, 0.29) is 0 Å². The van der Waals surface area contributed by atoms with Gasteiger partial charge in [-0.15, -0.1) is 6.58 Å². The van der Waals surface area contributed by atoms with E-state index < -0.39 is 5.54 Å². The maximum atomic E-state index is 9.02. The first-order chi connectivity index (χ1) is 8.34. The summed E-state index contributed by atoms with van der Waals surface area (Å²) in [7, 11) is 0. The van der Waals surface area contributed by atoms with Crippen molar-refractivity contribution in [2.45, 2.75) is 25.8 Å². The zero-order valence-corrected chi connectivity index (χ0v) is 12.3. The van der Waals surface area contributed by atoms with Gasteiger partial charge in [0.1, 0.15) is 18.4 Å². The van der Waals surface area contributed by atoms with E-state index in [1.54, 1.807) is 12.1 Å². The van der Waals surface area contributed by atoms with Gasteiger partial charge in [-0.05, 0) is 38.5 Å². The fraction of sp³-hybridized carbons (Fsp3) is 0.357. The van der Waals surface area contributed by atoms with Gasteiger partial charge in [0.05, 0.1) is 11.1 Å². The van der Waals surface area contributed by atoms with Crippen LogP contribution in [0.3, 0.4) is 0 Å². The Bertz CT molecular complexity index is 489. The summed E-state index contributed by atoms with van der Waals surface area (Å²) < 4.78 is 6.49. The Balaban J connectivity index is 2.75. The molecule has 18 heavy (non-hydrogen) atoms. The highest BCUT2D eigenvalue weighted by Gasteiger charge is 2.20. The molecule has 0 aromatic heterocycles. The van der Waals surface area contributed by atoms with Gasteiger partial charge in [0.15, 0.2) is 0 Å². The molecule has 0 aliphatic rings. The first kappa shape index (κ1) is 14.7. The van der Waals surface area contributed by atoms with Crippen LogP contribution in [0.5, 0.6) is 5.75 Å². The molecular formula is C14H17BrN2O. The Morgan fingerprint density at radius 1 is 1.61 bits per heavy atom. The first-order valence-corrected chi connectivity index (χ1v) is 6.39. The molecule has 1 aromatic rings. The molecule has 0 bridgehead atoms. The quantitative estimate of drug-likeness (QED) is 0.848. The molecule has 0 fully saturated rings. The Kier molecular flexibility index (Phi) is 4.94. The van der Waals surface area contributed by atoms with Gasteiger partial charge in [0, 0.05) is 4.47 Å². The van der Waals surface area contributed by atoms with Crippen LogP contribution >= 0.6 is 15.9 Å². The van der Waals surface area contributed by atoms with Crippen LogP contribution in [0.2, 0.25) is 0 Å². The second-order valence-corrected chi connectivity index (χ2v) is 5.74. The van der Waals surface area contributed by atoms with Crippen LogP contribution in [0.1, 0.15) is 25.8 Å². The SMILES string of the molecule is C=C(C)C[C@](C)(N)COc1ccc(Br)cc1C#N. The molecule has 1 aromatic carbocycles. The second-order valence-electron chi connectivity index (χ2n) is 4.83. The Morgan fingerprint density at radius 3 is 2.83 bits per heavy atom. The smallest absolute Gasteiger partial charge is 0.137 e. The number of nitrogens with zero attached hydrogens (tertiary/aromatic N) is 1. The predicted molar refractivity (Wildman–Crippen MR) is 76.4 cm³/mol. The number of hydrogen-bond acceptors (Lipinski definition) is 3. The normalized spacial score (nSPS) is 13.5. The van der Waals surface area contributed by atoms with Gasteiger partial charge < -0.3 is 10.5 Å². The lowest BCUT2D eigenvalue weighted by Crippen LogP contribution is -2.42. The fourth-order valence-electron chi connectivity index (χ4n) is 1.70. The molecule has 0 radical (unpaired) electrons. The molecule has 1 atom stereocenters. The molecule has 3 nitrogen and oxygen atoms in total. The largest absolute Gasteiger partial charge is 0.490 e. The van der Waals surface area contributed by atoms with Crippen molar-refractivity contribution in [2.24, 2.45) is 5.73 Å². The van der Waals surface area contributed by atoms with Crippen LogP contribution in [0.25, 0.3) is 0 Å². The molecule has 0 aliphatic heterocycles. The maximum Gasteiger partial charge on any atom is 0.137 e. The van der Waals surface area contributed by atoms with Crippen molar-refractivity contribution in [1.82, 2.24) is 0 Å². The van der Waals surface area contributed by atoms with E-state index in [9.17, 15) is 0 Å². The van der Waals surface area contributed by atoms with Crippen molar-refractivity contribution in [1.29, 1.82) is 5.26 Å². The van der Waals surface area contributed by atoms with E-state index in [0.29, 0.717) is 24.3 Å². The summed E-state index contributed by atoms with van der Waals surface area (Å²) in [6.07, 6.45) is 0.686. The number of halogens is 1. The molecule has 0 heterocycles. The van der Waals surface area contributed by atoms with E-state index in [2.05, 4.69) is 28.6 Å². The Labute approximate surface area is 116 Å². The van der Waals surface area contributed by atoms with E-state index in [1.165, 1.54) is 0 Å². The number of ether oxygens (including phenoxy) is 1. The summed E-state index contributed by atoms with van der Waals surface area (Å²) in [5, 5.41) is 9.02.